The Morgan fingerprint density at radius 3 is 1.93 bits per heavy atom. The zero-order valence-corrected chi connectivity index (χ0v) is 18.4. The highest BCUT2D eigenvalue weighted by Crippen LogP contribution is 2.20. The Morgan fingerprint density at radius 1 is 1.04 bits per heavy atom. The molecule has 1 aromatic rings. The van der Waals surface area contributed by atoms with Crippen molar-refractivity contribution in [3.05, 3.63) is 29.8 Å². The molecule has 2 amide bonds. The van der Waals surface area contributed by atoms with Gasteiger partial charge in [-0.3, -0.25) is 9.59 Å². The molecule has 1 unspecified atom stereocenters. The van der Waals surface area contributed by atoms with Gasteiger partial charge in [-0.25, -0.2) is 0 Å². The minimum atomic E-state index is -0.559. The van der Waals surface area contributed by atoms with Crippen LogP contribution in [0, 0.1) is 5.41 Å². The highest BCUT2D eigenvalue weighted by Gasteiger charge is 2.34. The number of amides is 2. The summed E-state index contributed by atoms with van der Waals surface area (Å²) in [5.74, 6) is 0.592. The summed E-state index contributed by atoms with van der Waals surface area (Å²) in [6.45, 7) is 11.8. The van der Waals surface area contributed by atoms with Gasteiger partial charge in [-0.1, -0.05) is 39.8 Å². The minimum absolute atomic E-state index is 0. The van der Waals surface area contributed by atoms with E-state index >= 15 is 0 Å². The summed E-state index contributed by atoms with van der Waals surface area (Å²) < 4.78 is 5.79. The SMILES string of the molecule is CCc1ccc(OC(C)C(=O)N2CCN(C(=O)[C@@H](N)C(C)(C)C)CC2)cc1.Cl. The molecule has 2 atom stereocenters. The molecule has 28 heavy (non-hydrogen) atoms. The Hall–Kier alpha value is -1.79. The molecular weight excluding hydrogens is 378 g/mol. The predicted octanol–water partition coefficient (Wildman–Crippen LogP) is 2.48. The minimum Gasteiger partial charge on any atom is -0.481 e. The second kappa shape index (κ2) is 10.1. The molecule has 158 valence electrons. The highest BCUT2D eigenvalue weighted by atomic mass is 35.5. The molecule has 2 N–H and O–H groups in total. The van der Waals surface area contributed by atoms with Crippen molar-refractivity contribution in [1.29, 1.82) is 0 Å². The van der Waals surface area contributed by atoms with Gasteiger partial charge in [0, 0.05) is 26.2 Å². The van der Waals surface area contributed by atoms with Gasteiger partial charge in [0.15, 0.2) is 6.10 Å². The van der Waals surface area contributed by atoms with E-state index in [1.54, 1.807) is 16.7 Å². The van der Waals surface area contributed by atoms with Gasteiger partial charge in [-0.05, 0) is 36.5 Å². The number of hydrogen-bond donors (Lipinski definition) is 1. The van der Waals surface area contributed by atoms with E-state index in [1.807, 2.05) is 45.0 Å². The number of nitrogens with zero attached hydrogens (tertiary/aromatic N) is 2. The van der Waals surface area contributed by atoms with Gasteiger partial charge in [-0.15, -0.1) is 12.4 Å². The first-order chi connectivity index (χ1) is 12.6. The Balaban J connectivity index is 0.00000392. The molecule has 2 rings (SSSR count). The molecule has 6 nitrogen and oxygen atoms in total. The monoisotopic (exact) mass is 411 g/mol. The van der Waals surface area contributed by atoms with Gasteiger partial charge >= 0.3 is 0 Å². The van der Waals surface area contributed by atoms with Crippen LogP contribution in [0.15, 0.2) is 24.3 Å². The Morgan fingerprint density at radius 2 is 1.50 bits per heavy atom. The quantitative estimate of drug-likeness (QED) is 0.807. The third kappa shape index (κ3) is 6.11. The normalized spacial score (nSPS) is 16.8. The van der Waals surface area contributed by atoms with Gasteiger partial charge in [0.1, 0.15) is 5.75 Å². The average molecular weight is 412 g/mol. The van der Waals surface area contributed by atoms with Crippen LogP contribution in [-0.2, 0) is 16.0 Å². The van der Waals surface area contributed by atoms with Crippen molar-refractivity contribution >= 4 is 24.2 Å². The molecular formula is C21H34ClN3O3. The van der Waals surface area contributed by atoms with Crippen molar-refractivity contribution in [3.63, 3.8) is 0 Å². The average Bonchev–Trinajstić information content (AvgIpc) is 2.66. The van der Waals surface area contributed by atoms with Gasteiger partial charge in [0.05, 0.1) is 6.04 Å². The number of hydrogen-bond acceptors (Lipinski definition) is 4. The Bertz CT molecular complexity index is 650. The van der Waals surface area contributed by atoms with Crippen LogP contribution in [-0.4, -0.2) is 59.9 Å². The Labute approximate surface area is 174 Å². The summed E-state index contributed by atoms with van der Waals surface area (Å²) in [6, 6.07) is 7.28. The van der Waals surface area contributed by atoms with Crippen molar-refractivity contribution in [3.8, 4) is 5.75 Å². The fraction of sp³-hybridized carbons (Fsp3) is 0.619. The summed E-state index contributed by atoms with van der Waals surface area (Å²) in [6.07, 6.45) is 0.410. The number of rotatable bonds is 5. The molecule has 1 saturated heterocycles. The third-order valence-corrected chi connectivity index (χ3v) is 5.09. The molecule has 0 aromatic heterocycles. The summed E-state index contributed by atoms with van der Waals surface area (Å²) in [5.41, 5.74) is 7.04. The summed E-state index contributed by atoms with van der Waals surface area (Å²) in [5, 5.41) is 0. The van der Waals surface area contributed by atoms with Gasteiger partial charge in [-0.2, -0.15) is 0 Å². The maximum Gasteiger partial charge on any atom is 0.263 e. The van der Waals surface area contributed by atoms with Crippen LogP contribution in [0.1, 0.15) is 40.2 Å². The molecule has 0 bridgehead atoms. The van der Waals surface area contributed by atoms with Crippen molar-refractivity contribution in [2.75, 3.05) is 26.2 Å². The lowest BCUT2D eigenvalue weighted by atomic mass is 9.86. The standard InChI is InChI=1S/C21H33N3O3.ClH/c1-6-16-7-9-17(10-8-16)27-15(2)19(25)23-11-13-24(14-12-23)20(26)18(22)21(3,4)5;/h7-10,15,18H,6,11-14,22H2,1-5H3;1H/t15?,18-;/m1./s1. The molecule has 7 heteroatoms. The Kier molecular flexibility index (Phi) is 8.76. The summed E-state index contributed by atoms with van der Waals surface area (Å²) >= 11 is 0. The van der Waals surface area contributed by atoms with Crippen LogP contribution >= 0.6 is 12.4 Å². The lowest BCUT2D eigenvalue weighted by Gasteiger charge is -2.38. The number of aryl methyl sites for hydroxylation is 1. The first kappa shape index (κ1) is 24.2. The molecule has 1 aliphatic rings. The molecule has 0 radical (unpaired) electrons. The number of halogens is 1. The number of benzene rings is 1. The number of piperazine rings is 1. The third-order valence-electron chi connectivity index (χ3n) is 5.09. The van der Waals surface area contributed by atoms with E-state index < -0.39 is 12.1 Å². The predicted molar refractivity (Wildman–Crippen MR) is 114 cm³/mol. The second-order valence-electron chi connectivity index (χ2n) is 8.25. The number of carbonyl (C=O) groups excluding carboxylic acids is 2. The first-order valence-electron chi connectivity index (χ1n) is 9.72. The van der Waals surface area contributed by atoms with E-state index in [4.69, 9.17) is 10.5 Å². The van der Waals surface area contributed by atoms with Crippen LogP contribution in [0.4, 0.5) is 0 Å². The van der Waals surface area contributed by atoms with E-state index in [1.165, 1.54) is 5.56 Å². The molecule has 0 spiro atoms. The van der Waals surface area contributed by atoms with Crippen LogP contribution in [0.5, 0.6) is 5.75 Å². The van der Waals surface area contributed by atoms with Crippen molar-refractivity contribution in [2.24, 2.45) is 11.1 Å². The molecule has 1 aromatic carbocycles. The zero-order chi connectivity index (χ0) is 20.2. The number of carbonyl (C=O) groups is 2. The molecule has 1 aliphatic heterocycles. The van der Waals surface area contributed by atoms with Crippen LogP contribution in [0.25, 0.3) is 0 Å². The van der Waals surface area contributed by atoms with Gasteiger partial charge in [0.2, 0.25) is 5.91 Å². The fourth-order valence-electron chi connectivity index (χ4n) is 3.03. The van der Waals surface area contributed by atoms with E-state index in [2.05, 4.69) is 6.92 Å². The van der Waals surface area contributed by atoms with Crippen molar-refractivity contribution < 1.29 is 14.3 Å². The van der Waals surface area contributed by atoms with E-state index in [9.17, 15) is 9.59 Å². The summed E-state index contributed by atoms with van der Waals surface area (Å²) in [7, 11) is 0. The molecule has 1 fully saturated rings. The summed E-state index contributed by atoms with van der Waals surface area (Å²) in [4.78, 5) is 28.7. The lowest BCUT2D eigenvalue weighted by molar-refractivity contribution is -0.145. The highest BCUT2D eigenvalue weighted by molar-refractivity contribution is 5.85. The van der Waals surface area contributed by atoms with Crippen molar-refractivity contribution in [2.45, 2.75) is 53.2 Å². The largest absolute Gasteiger partial charge is 0.481 e. The topological polar surface area (TPSA) is 75.9 Å². The van der Waals surface area contributed by atoms with Crippen LogP contribution in [0.2, 0.25) is 0 Å². The smallest absolute Gasteiger partial charge is 0.263 e. The zero-order valence-electron chi connectivity index (χ0n) is 17.6. The number of nitrogens with two attached hydrogens (primary N) is 1. The molecule has 1 heterocycles. The second-order valence-corrected chi connectivity index (χ2v) is 8.25. The van der Waals surface area contributed by atoms with Crippen LogP contribution < -0.4 is 10.5 Å². The van der Waals surface area contributed by atoms with E-state index in [0.717, 1.165) is 6.42 Å². The maximum atomic E-state index is 12.7. The van der Waals surface area contributed by atoms with Crippen molar-refractivity contribution in [1.82, 2.24) is 9.80 Å². The number of ether oxygens (including phenoxy) is 1. The first-order valence-corrected chi connectivity index (χ1v) is 9.72. The van der Waals surface area contributed by atoms with Gasteiger partial charge < -0.3 is 20.3 Å². The maximum absolute atomic E-state index is 12.7. The van der Waals surface area contributed by atoms with E-state index in [-0.39, 0.29) is 29.6 Å². The van der Waals surface area contributed by atoms with Crippen LogP contribution in [0.3, 0.4) is 0 Å². The molecule has 0 aliphatic carbocycles. The van der Waals surface area contributed by atoms with E-state index in [0.29, 0.717) is 31.9 Å². The van der Waals surface area contributed by atoms with Gasteiger partial charge in [0.25, 0.3) is 5.91 Å². The lowest BCUT2D eigenvalue weighted by Crippen LogP contribution is -2.58. The fourth-order valence-corrected chi connectivity index (χ4v) is 3.03. The molecule has 0 saturated carbocycles.